The summed E-state index contributed by atoms with van der Waals surface area (Å²) < 4.78 is 29.7. The summed E-state index contributed by atoms with van der Waals surface area (Å²) in [6.07, 6.45) is -2.64. The molecule has 2 rings (SSSR count). The summed E-state index contributed by atoms with van der Waals surface area (Å²) in [4.78, 5) is 57.0. The zero-order chi connectivity index (χ0) is 26.5. The fraction of sp³-hybridized carbons (Fsp3) is 0.333. The topological polar surface area (TPSA) is 142 Å². The molecule has 2 aromatic rings. The van der Waals surface area contributed by atoms with Crippen LogP contribution in [0.1, 0.15) is 48.4 Å². The maximum absolute atomic E-state index is 12.4. The van der Waals surface area contributed by atoms with E-state index >= 15 is 0 Å². The smallest absolute Gasteiger partial charge is 0.456 e. The molecule has 0 saturated heterocycles. The van der Waals surface area contributed by atoms with Crippen LogP contribution in [-0.2, 0) is 28.7 Å². The molecule has 0 radical (unpaired) electrons. The molecule has 0 fully saturated rings. The fourth-order valence-corrected chi connectivity index (χ4v) is 2.42. The van der Waals surface area contributed by atoms with Crippen molar-refractivity contribution in [3.63, 3.8) is 0 Å². The Morgan fingerprint density at radius 1 is 0.611 bits per heavy atom. The number of hydrogen-bond donors (Lipinski definition) is 0. The quantitative estimate of drug-likeness (QED) is 0.195. The highest BCUT2D eigenvalue weighted by Crippen LogP contribution is 2.22. The van der Waals surface area contributed by atoms with Crippen molar-refractivity contribution in [2.24, 2.45) is 0 Å². The van der Waals surface area contributed by atoms with Crippen molar-refractivity contribution < 1.29 is 57.4 Å². The second kappa shape index (κ2) is 14.0. The first-order chi connectivity index (χ1) is 17.2. The van der Waals surface area contributed by atoms with Gasteiger partial charge in [0.05, 0.1) is 12.2 Å². The molecule has 0 bridgehead atoms. The Kier molecular flexibility index (Phi) is 10.8. The lowest BCUT2D eigenvalue weighted by molar-refractivity contribution is -0.187. The van der Waals surface area contributed by atoms with Gasteiger partial charge in [0.25, 0.3) is 0 Å². The molecule has 0 saturated carbocycles. The van der Waals surface area contributed by atoms with Crippen LogP contribution in [0.15, 0.2) is 48.5 Å². The van der Waals surface area contributed by atoms with Crippen molar-refractivity contribution in [3.05, 3.63) is 59.7 Å². The summed E-state index contributed by atoms with van der Waals surface area (Å²) in [7, 11) is 0. The van der Waals surface area contributed by atoms with E-state index in [2.05, 4.69) is 9.78 Å². The monoisotopic (exact) mass is 506 g/mol. The number of hydrogen-bond acceptors (Lipinski definition) is 12. The van der Waals surface area contributed by atoms with Gasteiger partial charge < -0.3 is 28.4 Å². The van der Waals surface area contributed by atoms with Crippen molar-refractivity contribution in [3.8, 4) is 11.5 Å². The number of carbonyl (C=O) groups excluding carboxylic acids is 4. The highest BCUT2D eigenvalue weighted by molar-refractivity contribution is 5.95. The van der Waals surface area contributed by atoms with Crippen LogP contribution < -0.4 is 9.47 Å². The van der Waals surface area contributed by atoms with Gasteiger partial charge in [0.15, 0.2) is 0 Å². The minimum atomic E-state index is -1.05. The first-order valence-electron chi connectivity index (χ1n) is 10.7. The SMILES string of the molecule is CC(C)OC(=O)OCOc1ccccc1C(=O)OOC(=O)c1ccccc1OCOC(=O)OC(C)C. The van der Waals surface area contributed by atoms with Crippen molar-refractivity contribution in [1.82, 2.24) is 0 Å². The van der Waals surface area contributed by atoms with E-state index in [0.717, 1.165) is 0 Å². The number of ether oxygens (including phenoxy) is 6. The van der Waals surface area contributed by atoms with E-state index in [1.54, 1.807) is 39.8 Å². The van der Waals surface area contributed by atoms with Gasteiger partial charge in [0.2, 0.25) is 13.6 Å². The van der Waals surface area contributed by atoms with E-state index in [9.17, 15) is 19.2 Å². The van der Waals surface area contributed by atoms with Crippen LogP contribution in [0.25, 0.3) is 0 Å². The Hall–Kier alpha value is -4.48. The van der Waals surface area contributed by atoms with E-state index in [4.69, 9.17) is 28.4 Å². The van der Waals surface area contributed by atoms with Crippen LogP contribution in [0.2, 0.25) is 0 Å². The molecule has 0 aliphatic heterocycles. The highest BCUT2D eigenvalue weighted by atomic mass is 17.2. The van der Waals surface area contributed by atoms with E-state index < -0.39 is 37.8 Å². The Bertz CT molecular complexity index is 963. The van der Waals surface area contributed by atoms with Gasteiger partial charge >= 0.3 is 24.2 Å². The second-order valence-electron chi connectivity index (χ2n) is 7.38. The average molecular weight is 506 g/mol. The van der Waals surface area contributed by atoms with Crippen molar-refractivity contribution in [2.75, 3.05) is 13.6 Å². The minimum absolute atomic E-state index is 0.00469. The van der Waals surface area contributed by atoms with Crippen molar-refractivity contribution in [2.45, 2.75) is 39.9 Å². The van der Waals surface area contributed by atoms with Gasteiger partial charge in [0, 0.05) is 0 Å². The third kappa shape index (κ3) is 9.41. The van der Waals surface area contributed by atoms with E-state index in [0.29, 0.717) is 0 Å². The van der Waals surface area contributed by atoms with Gasteiger partial charge in [-0.25, -0.2) is 29.0 Å². The number of carbonyl (C=O) groups is 4. The summed E-state index contributed by atoms with van der Waals surface area (Å²) >= 11 is 0. The molecule has 0 aromatic heterocycles. The molecule has 0 heterocycles. The van der Waals surface area contributed by atoms with Gasteiger partial charge in [-0.1, -0.05) is 24.3 Å². The summed E-state index contributed by atoms with van der Waals surface area (Å²) in [5.74, 6) is -2.10. The summed E-state index contributed by atoms with van der Waals surface area (Å²) in [6, 6.07) is 11.7. The molecule has 0 aliphatic carbocycles. The molecule has 0 amide bonds. The zero-order valence-corrected chi connectivity index (χ0v) is 20.1. The maximum Gasteiger partial charge on any atom is 0.511 e. The first-order valence-corrected chi connectivity index (χ1v) is 10.7. The van der Waals surface area contributed by atoms with Gasteiger partial charge in [0.1, 0.15) is 22.6 Å². The minimum Gasteiger partial charge on any atom is -0.456 e. The number of para-hydroxylation sites is 2. The Morgan fingerprint density at radius 2 is 0.972 bits per heavy atom. The number of rotatable bonds is 10. The summed E-state index contributed by atoms with van der Waals surface area (Å²) in [5, 5.41) is 0. The predicted molar refractivity (Wildman–Crippen MR) is 120 cm³/mol. The predicted octanol–water partition coefficient (Wildman–Crippen LogP) is 4.41. The molecule has 12 nitrogen and oxygen atoms in total. The first kappa shape index (κ1) is 27.8. The molecule has 0 aliphatic rings. The van der Waals surface area contributed by atoms with Crippen LogP contribution in [-0.4, -0.2) is 50.0 Å². The third-order valence-corrected chi connectivity index (χ3v) is 3.85. The van der Waals surface area contributed by atoms with Crippen LogP contribution in [0, 0.1) is 0 Å². The molecular weight excluding hydrogens is 480 g/mol. The third-order valence-electron chi connectivity index (χ3n) is 3.85. The van der Waals surface area contributed by atoms with Crippen LogP contribution in [0.3, 0.4) is 0 Å². The Morgan fingerprint density at radius 3 is 1.33 bits per heavy atom. The molecular formula is C24H26O12. The molecule has 12 heteroatoms. The van der Waals surface area contributed by atoms with Crippen molar-refractivity contribution in [1.29, 1.82) is 0 Å². The maximum atomic E-state index is 12.4. The van der Waals surface area contributed by atoms with Gasteiger partial charge in [-0.15, -0.1) is 0 Å². The summed E-state index contributed by atoms with van der Waals surface area (Å²) in [6.45, 7) is 5.53. The zero-order valence-electron chi connectivity index (χ0n) is 20.1. The molecule has 0 spiro atoms. The summed E-state index contributed by atoms with van der Waals surface area (Å²) in [5.41, 5.74) is -0.208. The van der Waals surface area contributed by atoms with Crippen molar-refractivity contribution >= 4 is 24.2 Å². The normalized spacial score (nSPS) is 10.3. The Labute approximate surface area is 206 Å². The fourth-order valence-electron chi connectivity index (χ4n) is 2.42. The van der Waals surface area contributed by atoms with Gasteiger partial charge in [-0.05, 0) is 52.0 Å². The highest BCUT2D eigenvalue weighted by Gasteiger charge is 2.21. The van der Waals surface area contributed by atoms with Crippen LogP contribution in [0.4, 0.5) is 9.59 Å². The number of benzene rings is 2. The van der Waals surface area contributed by atoms with E-state index in [-0.39, 0.29) is 34.8 Å². The average Bonchev–Trinajstić information content (AvgIpc) is 2.82. The molecule has 0 N–H and O–H groups in total. The van der Waals surface area contributed by atoms with Gasteiger partial charge in [-0.3, -0.25) is 0 Å². The van der Waals surface area contributed by atoms with Crippen LogP contribution >= 0.6 is 0 Å². The molecule has 2 aromatic carbocycles. The Balaban J connectivity index is 1.93. The van der Waals surface area contributed by atoms with Gasteiger partial charge in [-0.2, -0.15) is 0 Å². The van der Waals surface area contributed by atoms with Crippen LogP contribution in [0.5, 0.6) is 11.5 Å². The molecule has 36 heavy (non-hydrogen) atoms. The lowest BCUT2D eigenvalue weighted by atomic mass is 10.2. The molecule has 0 atom stereocenters. The largest absolute Gasteiger partial charge is 0.511 e. The lowest BCUT2D eigenvalue weighted by Gasteiger charge is -2.12. The van der Waals surface area contributed by atoms with E-state index in [1.165, 1.54) is 36.4 Å². The lowest BCUT2D eigenvalue weighted by Crippen LogP contribution is -2.18. The second-order valence-corrected chi connectivity index (χ2v) is 7.38. The van der Waals surface area contributed by atoms with E-state index in [1.807, 2.05) is 0 Å². The molecule has 194 valence electrons. The molecule has 0 unspecified atom stereocenters. The standard InChI is InChI=1S/C24H26O12/c1-15(2)33-23(27)31-13-29-19-11-7-5-9-17(19)21(25)35-36-22(26)18-10-6-8-12-20(18)30-14-32-24(28)34-16(3)4/h5-12,15-16H,13-14H2,1-4H3.